The van der Waals surface area contributed by atoms with E-state index in [0.29, 0.717) is 19.0 Å². The Labute approximate surface area is 124 Å². The number of piperidine rings is 1. The van der Waals surface area contributed by atoms with Crippen molar-refractivity contribution in [2.45, 2.75) is 64.3 Å². The summed E-state index contributed by atoms with van der Waals surface area (Å²) in [6.45, 7) is 5.90. The maximum Gasteiger partial charge on any atom is 0.211 e. The van der Waals surface area contributed by atoms with Gasteiger partial charge in [0.25, 0.3) is 0 Å². The molecule has 2 fully saturated rings. The fourth-order valence-electron chi connectivity index (χ4n) is 3.98. The monoisotopic (exact) mass is 302 g/mol. The Hall–Kier alpha value is -0.130. The first-order valence-corrected chi connectivity index (χ1v) is 9.73. The normalized spacial score (nSPS) is 35.9. The van der Waals surface area contributed by atoms with Crippen molar-refractivity contribution in [1.29, 1.82) is 0 Å². The molecule has 2 aliphatic rings. The van der Waals surface area contributed by atoms with Crippen LogP contribution in [0.4, 0.5) is 0 Å². The van der Waals surface area contributed by atoms with Gasteiger partial charge in [-0.05, 0) is 43.4 Å². The lowest BCUT2D eigenvalue weighted by atomic mass is 9.60. The van der Waals surface area contributed by atoms with Crippen LogP contribution in [0.15, 0.2) is 0 Å². The molecule has 0 aromatic heterocycles. The van der Waals surface area contributed by atoms with E-state index in [-0.39, 0.29) is 11.0 Å². The predicted molar refractivity (Wildman–Crippen MR) is 82.9 cm³/mol. The molecular formula is C15H30N2O2S. The zero-order valence-corrected chi connectivity index (χ0v) is 14.0. The molecule has 0 radical (unpaired) electrons. The largest absolute Gasteiger partial charge is 0.325 e. The van der Waals surface area contributed by atoms with Crippen LogP contribution in [0.25, 0.3) is 0 Å². The SMILES string of the molecule is CC1(C)CCCCC1(N)CC1CCCN(S(C)(=O)=O)C1. The minimum atomic E-state index is -3.06. The highest BCUT2D eigenvalue weighted by Crippen LogP contribution is 2.46. The molecule has 118 valence electrons. The van der Waals surface area contributed by atoms with E-state index < -0.39 is 10.0 Å². The highest BCUT2D eigenvalue weighted by molar-refractivity contribution is 7.88. The van der Waals surface area contributed by atoms with E-state index in [4.69, 9.17) is 5.73 Å². The van der Waals surface area contributed by atoms with Crippen molar-refractivity contribution in [3.8, 4) is 0 Å². The highest BCUT2D eigenvalue weighted by atomic mass is 32.2. The summed E-state index contributed by atoms with van der Waals surface area (Å²) in [4.78, 5) is 0. The standard InChI is InChI=1S/C15H30N2O2S/c1-14(2)8-4-5-9-15(14,16)11-13-7-6-10-17(12-13)20(3,18)19/h13H,4-12,16H2,1-3H3. The molecule has 0 spiro atoms. The summed E-state index contributed by atoms with van der Waals surface area (Å²) in [5.41, 5.74) is 6.79. The van der Waals surface area contributed by atoms with E-state index in [1.54, 1.807) is 4.31 Å². The third-order valence-electron chi connectivity index (χ3n) is 5.63. The Morgan fingerprint density at radius 1 is 1.20 bits per heavy atom. The van der Waals surface area contributed by atoms with Crippen molar-refractivity contribution in [2.24, 2.45) is 17.1 Å². The smallest absolute Gasteiger partial charge is 0.211 e. The van der Waals surface area contributed by atoms with Gasteiger partial charge in [0, 0.05) is 18.6 Å². The highest BCUT2D eigenvalue weighted by Gasteiger charge is 2.45. The minimum absolute atomic E-state index is 0.129. The molecule has 2 unspecified atom stereocenters. The number of nitrogens with two attached hydrogens (primary N) is 1. The van der Waals surface area contributed by atoms with Crippen LogP contribution < -0.4 is 5.73 Å². The van der Waals surface area contributed by atoms with Gasteiger partial charge in [0.15, 0.2) is 0 Å². The molecule has 1 saturated carbocycles. The van der Waals surface area contributed by atoms with Gasteiger partial charge in [0.05, 0.1) is 6.26 Å². The summed E-state index contributed by atoms with van der Waals surface area (Å²) in [7, 11) is -3.06. The maximum atomic E-state index is 11.7. The van der Waals surface area contributed by atoms with E-state index in [1.165, 1.54) is 25.5 Å². The van der Waals surface area contributed by atoms with Crippen LogP contribution in [0.2, 0.25) is 0 Å². The summed E-state index contributed by atoms with van der Waals surface area (Å²) >= 11 is 0. The lowest BCUT2D eigenvalue weighted by Crippen LogP contribution is -2.56. The van der Waals surface area contributed by atoms with E-state index in [2.05, 4.69) is 13.8 Å². The van der Waals surface area contributed by atoms with Gasteiger partial charge >= 0.3 is 0 Å². The second-order valence-corrected chi connectivity index (χ2v) is 9.56. The van der Waals surface area contributed by atoms with Crippen molar-refractivity contribution in [3.05, 3.63) is 0 Å². The molecule has 1 aliphatic heterocycles. The summed E-state index contributed by atoms with van der Waals surface area (Å²) in [5, 5.41) is 0. The lowest BCUT2D eigenvalue weighted by molar-refractivity contribution is 0.0638. The van der Waals surface area contributed by atoms with Crippen LogP contribution in [0.5, 0.6) is 0 Å². The maximum absolute atomic E-state index is 11.7. The van der Waals surface area contributed by atoms with Crippen molar-refractivity contribution in [1.82, 2.24) is 4.31 Å². The fraction of sp³-hybridized carbons (Fsp3) is 1.00. The van der Waals surface area contributed by atoms with Crippen molar-refractivity contribution < 1.29 is 8.42 Å². The molecule has 0 aromatic carbocycles. The number of hydrogen-bond donors (Lipinski definition) is 1. The van der Waals surface area contributed by atoms with Crippen LogP contribution in [-0.4, -0.2) is 37.6 Å². The summed E-state index contributed by atoms with van der Waals surface area (Å²) in [6.07, 6.45) is 9.11. The van der Waals surface area contributed by atoms with E-state index in [1.807, 2.05) is 0 Å². The average molecular weight is 302 g/mol. The minimum Gasteiger partial charge on any atom is -0.325 e. The van der Waals surface area contributed by atoms with Gasteiger partial charge in [0.2, 0.25) is 10.0 Å². The van der Waals surface area contributed by atoms with Gasteiger partial charge in [-0.15, -0.1) is 0 Å². The number of hydrogen-bond acceptors (Lipinski definition) is 3. The molecule has 5 heteroatoms. The first kappa shape index (κ1) is 16.2. The molecule has 0 amide bonds. The Morgan fingerprint density at radius 3 is 2.45 bits per heavy atom. The second-order valence-electron chi connectivity index (χ2n) is 7.58. The summed E-state index contributed by atoms with van der Waals surface area (Å²) < 4.78 is 25.1. The van der Waals surface area contributed by atoms with Crippen LogP contribution in [0.1, 0.15) is 58.8 Å². The Morgan fingerprint density at radius 2 is 1.85 bits per heavy atom. The van der Waals surface area contributed by atoms with Crippen molar-refractivity contribution >= 4 is 10.0 Å². The molecular weight excluding hydrogens is 272 g/mol. The average Bonchev–Trinajstić information content (AvgIpc) is 2.32. The van der Waals surface area contributed by atoms with Crippen LogP contribution in [-0.2, 0) is 10.0 Å². The zero-order chi connectivity index (χ0) is 15.0. The first-order valence-electron chi connectivity index (χ1n) is 7.88. The zero-order valence-electron chi connectivity index (χ0n) is 13.2. The van der Waals surface area contributed by atoms with E-state index in [0.717, 1.165) is 25.7 Å². The Bertz CT molecular complexity index is 447. The Kier molecular flexibility index (Phi) is 4.53. The number of nitrogens with zero attached hydrogens (tertiary/aromatic N) is 1. The molecule has 1 heterocycles. The fourth-order valence-corrected chi connectivity index (χ4v) is 4.93. The quantitative estimate of drug-likeness (QED) is 0.870. The summed E-state index contributed by atoms with van der Waals surface area (Å²) in [6, 6.07) is 0. The van der Waals surface area contributed by atoms with Gasteiger partial charge in [-0.3, -0.25) is 0 Å². The number of rotatable bonds is 3. The molecule has 1 saturated heterocycles. The lowest BCUT2D eigenvalue weighted by Gasteiger charge is -2.50. The van der Waals surface area contributed by atoms with Crippen LogP contribution >= 0.6 is 0 Å². The molecule has 0 bridgehead atoms. The van der Waals surface area contributed by atoms with Gasteiger partial charge in [0.1, 0.15) is 0 Å². The molecule has 2 N–H and O–H groups in total. The molecule has 20 heavy (non-hydrogen) atoms. The topological polar surface area (TPSA) is 63.4 Å². The third-order valence-corrected chi connectivity index (χ3v) is 6.90. The Balaban J connectivity index is 2.05. The predicted octanol–water partition coefficient (Wildman–Crippen LogP) is 2.35. The molecule has 2 atom stereocenters. The third kappa shape index (κ3) is 3.37. The van der Waals surface area contributed by atoms with Gasteiger partial charge in [-0.2, -0.15) is 0 Å². The molecule has 2 rings (SSSR count). The summed E-state index contributed by atoms with van der Waals surface area (Å²) in [5.74, 6) is 0.417. The number of sulfonamides is 1. The van der Waals surface area contributed by atoms with Crippen LogP contribution in [0, 0.1) is 11.3 Å². The van der Waals surface area contributed by atoms with E-state index in [9.17, 15) is 8.42 Å². The molecule has 1 aliphatic carbocycles. The van der Waals surface area contributed by atoms with Gasteiger partial charge < -0.3 is 5.73 Å². The van der Waals surface area contributed by atoms with Gasteiger partial charge in [-0.1, -0.05) is 26.7 Å². The van der Waals surface area contributed by atoms with Gasteiger partial charge in [-0.25, -0.2) is 12.7 Å². The second kappa shape index (κ2) is 5.58. The molecule has 4 nitrogen and oxygen atoms in total. The van der Waals surface area contributed by atoms with E-state index >= 15 is 0 Å². The molecule has 0 aromatic rings. The van der Waals surface area contributed by atoms with Crippen LogP contribution in [0.3, 0.4) is 0 Å². The van der Waals surface area contributed by atoms with Crippen molar-refractivity contribution in [3.63, 3.8) is 0 Å². The first-order chi connectivity index (χ1) is 9.14. The van der Waals surface area contributed by atoms with Crippen molar-refractivity contribution in [2.75, 3.05) is 19.3 Å².